The Hall–Kier alpha value is -2.42. The molecule has 0 saturated heterocycles. The van der Waals surface area contributed by atoms with Gasteiger partial charge in [0.2, 0.25) is 0 Å². The number of aliphatic hydroxyl groups is 1. The van der Waals surface area contributed by atoms with Gasteiger partial charge in [-0.2, -0.15) is 0 Å². The standard InChI is InChI=1S/C26H30OSi/c1-2-23(27)15-7-6-14-22-28(24-16-8-3-9-17-24,25-18-10-4-11-19-25)26-20-12-5-13-21-26/h3-5,8-14,16-23,27H,2,6-7,15H2,1H3/b22-14-. The average Bonchev–Trinajstić information content (AvgIpc) is 2.78. The summed E-state index contributed by atoms with van der Waals surface area (Å²) in [5.74, 6) is 0. The predicted molar refractivity (Wildman–Crippen MR) is 123 cm³/mol. The summed E-state index contributed by atoms with van der Waals surface area (Å²) in [7, 11) is -2.25. The van der Waals surface area contributed by atoms with Gasteiger partial charge in [0.15, 0.2) is 8.07 Å². The summed E-state index contributed by atoms with van der Waals surface area (Å²) in [6.07, 6.45) is 5.90. The van der Waals surface area contributed by atoms with Gasteiger partial charge in [-0.05, 0) is 41.2 Å². The molecule has 0 spiro atoms. The zero-order chi connectivity index (χ0) is 19.7. The minimum Gasteiger partial charge on any atom is -0.393 e. The molecule has 144 valence electrons. The molecule has 0 aliphatic rings. The van der Waals surface area contributed by atoms with Crippen LogP contribution in [0.5, 0.6) is 0 Å². The molecule has 0 fully saturated rings. The molecule has 1 unspecified atom stereocenters. The van der Waals surface area contributed by atoms with E-state index in [4.69, 9.17) is 0 Å². The highest BCUT2D eigenvalue weighted by Crippen LogP contribution is 2.12. The fraction of sp³-hybridized carbons (Fsp3) is 0.231. The summed E-state index contributed by atoms with van der Waals surface area (Å²) in [4.78, 5) is 0. The van der Waals surface area contributed by atoms with Crippen LogP contribution in [0.2, 0.25) is 0 Å². The van der Waals surface area contributed by atoms with Crippen molar-refractivity contribution in [1.29, 1.82) is 0 Å². The van der Waals surface area contributed by atoms with Crippen molar-refractivity contribution < 1.29 is 5.11 Å². The normalized spacial score (nSPS) is 12.9. The van der Waals surface area contributed by atoms with Crippen LogP contribution < -0.4 is 15.6 Å². The quantitative estimate of drug-likeness (QED) is 0.332. The van der Waals surface area contributed by atoms with Gasteiger partial charge in [-0.25, -0.2) is 0 Å². The van der Waals surface area contributed by atoms with Crippen molar-refractivity contribution in [1.82, 2.24) is 0 Å². The molecule has 0 aliphatic heterocycles. The Morgan fingerprint density at radius 1 is 0.750 bits per heavy atom. The molecular formula is C26H30OSi. The molecule has 28 heavy (non-hydrogen) atoms. The molecule has 3 aromatic carbocycles. The first-order valence-electron chi connectivity index (χ1n) is 10.3. The Bertz CT molecular complexity index is 747. The third-order valence-corrected chi connectivity index (χ3v) is 9.90. The third kappa shape index (κ3) is 4.70. The molecule has 0 aliphatic carbocycles. The maximum Gasteiger partial charge on any atom is 0.172 e. The van der Waals surface area contributed by atoms with E-state index in [2.05, 4.69) is 103 Å². The maximum atomic E-state index is 9.84. The Labute approximate surface area is 170 Å². The maximum absolute atomic E-state index is 9.84. The molecule has 2 heteroatoms. The number of hydrogen-bond acceptors (Lipinski definition) is 1. The van der Waals surface area contributed by atoms with Crippen LogP contribution in [-0.4, -0.2) is 19.3 Å². The third-order valence-electron chi connectivity index (χ3n) is 5.43. The SMILES string of the molecule is CCC(O)CCC/C=C\[Si](c1ccccc1)(c1ccccc1)c1ccccc1. The van der Waals surface area contributed by atoms with E-state index in [1.54, 1.807) is 0 Å². The van der Waals surface area contributed by atoms with Crippen molar-refractivity contribution in [2.24, 2.45) is 0 Å². The van der Waals surface area contributed by atoms with Crippen molar-refractivity contribution in [3.63, 3.8) is 0 Å². The van der Waals surface area contributed by atoms with E-state index in [0.717, 1.165) is 25.7 Å². The highest BCUT2D eigenvalue weighted by atomic mass is 28.3. The van der Waals surface area contributed by atoms with Crippen LogP contribution in [0.1, 0.15) is 32.6 Å². The first-order valence-corrected chi connectivity index (χ1v) is 12.4. The first kappa shape index (κ1) is 20.3. The highest BCUT2D eigenvalue weighted by molar-refractivity contribution is 7.14. The van der Waals surface area contributed by atoms with Crippen LogP contribution in [0, 0.1) is 0 Å². The molecule has 0 heterocycles. The first-order chi connectivity index (χ1) is 13.8. The number of hydrogen-bond donors (Lipinski definition) is 1. The van der Waals surface area contributed by atoms with Gasteiger partial charge in [0.25, 0.3) is 0 Å². The zero-order valence-corrected chi connectivity index (χ0v) is 17.7. The summed E-state index contributed by atoms with van der Waals surface area (Å²) in [6.45, 7) is 2.04. The van der Waals surface area contributed by atoms with Gasteiger partial charge in [-0.15, -0.1) is 0 Å². The second-order valence-electron chi connectivity index (χ2n) is 7.30. The molecule has 1 N–H and O–H groups in total. The van der Waals surface area contributed by atoms with E-state index in [1.807, 2.05) is 6.92 Å². The highest BCUT2D eigenvalue weighted by Gasteiger charge is 2.36. The number of aliphatic hydroxyl groups excluding tert-OH is 1. The minimum absolute atomic E-state index is 0.173. The van der Waals surface area contributed by atoms with Crippen LogP contribution >= 0.6 is 0 Å². The molecule has 1 nitrogen and oxygen atoms in total. The molecule has 3 aromatic rings. The smallest absolute Gasteiger partial charge is 0.172 e. The van der Waals surface area contributed by atoms with E-state index >= 15 is 0 Å². The van der Waals surface area contributed by atoms with E-state index < -0.39 is 8.07 Å². The van der Waals surface area contributed by atoms with Crippen LogP contribution in [0.15, 0.2) is 103 Å². The Morgan fingerprint density at radius 2 is 1.18 bits per heavy atom. The van der Waals surface area contributed by atoms with Crippen molar-refractivity contribution >= 4 is 23.6 Å². The summed E-state index contributed by atoms with van der Waals surface area (Å²) < 4.78 is 0. The number of benzene rings is 3. The topological polar surface area (TPSA) is 20.2 Å². The van der Waals surface area contributed by atoms with Crippen molar-refractivity contribution in [2.75, 3.05) is 0 Å². The number of allylic oxidation sites excluding steroid dienone is 1. The fourth-order valence-electron chi connectivity index (χ4n) is 3.83. The lowest BCUT2D eigenvalue weighted by molar-refractivity contribution is 0.158. The molecular weight excluding hydrogens is 356 g/mol. The lowest BCUT2D eigenvalue weighted by atomic mass is 10.1. The van der Waals surface area contributed by atoms with Crippen molar-refractivity contribution in [3.05, 3.63) is 103 Å². The summed E-state index contributed by atoms with van der Waals surface area (Å²) in [5, 5.41) is 14.0. The van der Waals surface area contributed by atoms with E-state index in [0.29, 0.717) is 0 Å². The molecule has 0 bridgehead atoms. The van der Waals surface area contributed by atoms with E-state index in [1.165, 1.54) is 15.6 Å². The van der Waals surface area contributed by atoms with Crippen LogP contribution in [0.4, 0.5) is 0 Å². The predicted octanol–water partition coefficient (Wildman–Crippen LogP) is 4.19. The van der Waals surface area contributed by atoms with Gasteiger partial charge >= 0.3 is 0 Å². The lowest BCUT2D eigenvalue weighted by Gasteiger charge is -2.30. The molecule has 0 aromatic heterocycles. The Morgan fingerprint density at radius 3 is 1.57 bits per heavy atom. The second-order valence-corrected chi connectivity index (χ2v) is 11.0. The van der Waals surface area contributed by atoms with Crippen LogP contribution in [0.25, 0.3) is 0 Å². The average molecular weight is 387 g/mol. The fourth-order valence-corrected chi connectivity index (χ4v) is 8.08. The van der Waals surface area contributed by atoms with Crippen molar-refractivity contribution in [2.45, 2.75) is 38.7 Å². The van der Waals surface area contributed by atoms with Gasteiger partial charge in [0, 0.05) is 0 Å². The molecule has 0 saturated carbocycles. The monoisotopic (exact) mass is 386 g/mol. The molecule has 1 atom stereocenters. The van der Waals surface area contributed by atoms with E-state index in [-0.39, 0.29) is 6.10 Å². The Balaban J connectivity index is 2.04. The molecule has 0 radical (unpaired) electrons. The largest absolute Gasteiger partial charge is 0.393 e. The van der Waals surface area contributed by atoms with Crippen LogP contribution in [0.3, 0.4) is 0 Å². The van der Waals surface area contributed by atoms with Crippen LogP contribution in [-0.2, 0) is 0 Å². The van der Waals surface area contributed by atoms with Gasteiger partial charge in [-0.3, -0.25) is 0 Å². The second kappa shape index (κ2) is 10.2. The van der Waals surface area contributed by atoms with Gasteiger partial charge in [0.05, 0.1) is 6.10 Å². The molecule has 0 amide bonds. The number of rotatable bonds is 9. The summed E-state index contributed by atoms with van der Waals surface area (Å²) >= 11 is 0. The van der Waals surface area contributed by atoms with Gasteiger partial charge in [-0.1, -0.05) is 110 Å². The van der Waals surface area contributed by atoms with E-state index in [9.17, 15) is 5.11 Å². The summed E-state index contributed by atoms with van der Waals surface area (Å²) in [5.41, 5.74) is 2.49. The Kier molecular flexibility index (Phi) is 7.41. The zero-order valence-electron chi connectivity index (χ0n) is 16.7. The minimum atomic E-state index is -2.25. The number of unbranched alkanes of at least 4 members (excludes halogenated alkanes) is 1. The van der Waals surface area contributed by atoms with Crippen molar-refractivity contribution in [3.8, 4) is 0 Å². The van der Waals surface area contributed by atoms with Gasteiger partial charge in [0.1, 0.15) is 0 Å². The summed E-state index contributed by atoms with van der Waals surface area (Å²) in [6, 6.07) is 32.8. The molecule has 3 rings (SSSR count). The lowest BCUT2D eigenvalue weighted by Crippen LogP contribution is -2.66. The van der Waals surface area contributed by atoms with Gasteiger partial charge < -0.3 is 5.11 Å².